The molecular weight excluding hydrogens is 232 g/mol. The predicted octanol–water partition coefficient (Wildman–Crippen LogP) is -1.52. The van der Waals surface area contributed by atoms with Crippen molar-refractivity contribution in [2.75, 3.05) is 0 Å². The molecule has 0 atom stereocenters. The third kappa shape index (κ3) is 8.85. The molecule has 0 aliphatic carbocycles. The molecule has 3 heteroatoms. The standard InChI is InChI=1S/CH3.Ba.Mn.H3Si.2H/h1H3;;;1H3;;. The van der Waals surface area contributed by atoms with Gasteiger partial charge in [0.2, 0.25) is 0 Å². The molecule has 0 unspecified atom stereocenters. The van der Waals surface area contributed by atoms with Crippen molar-refractivity contribution in [1.82, 2.24) is 0 Å². The first-order chi connectivity index (χ1) is 1.41. The maximum absolute atomic E-state index is 2.22. The Labute approximate surface area is 76.2 Å². The van der Waals surface area contributed by atoms with Crippen LogP contribution in [0.1, 0.15) is 0 Å². The first-order valence-electron chi connectivity index (χ1n) is 0.756. The van der Waals surface area contributed by atoms with Crippen LogP contribution in [0.2, 0.25) is 5.82 Å². The summed E-state index contributed by atoms with van der Waals surface area (Å²) in [5.41, 5.74) is 0. The molecule has 0 radical (unpaired) electrons. The average Bonchev–Trinajstić information content (AvgIpc) is 0.918. The van der Waals surface area contributed by atoms with Gasteiger partial charge in [-0.25, -0.2) is 0 Å². The third-order valence-electron chi connectivity index (χ3n) is 0. The minimum absolute atomic E-state index is 0. The van der Waals surface area contributed by atoms with Gasteiger partial charge in [-0.2, -0.15) is 0 Å². The van der Waals surface area contributed by atoms with Crippen LogP contribution < -0.4 is 0 Å². The zero-order valence-electron chi connectivity index (χ0n) is 2.38. The van der Waals surface area contributed by atoms with Crippen molar-refractivity contribution in [3.05, 3.63) is 0 Å². The van der Waals surface area contributed by atoms with E-state index >= 15 is 0 Å². The van der Waals surface area contributed by atoms with E-state index in [-0.39, 0.29) is 48.9 Å². The summed E-state index contributed by atoms with van der Waals surface area (Å²) in [5, 5.41) is 0. The Kier molecular flexibility index (Phi) is 21.6. The van der Waals surface area contributed by atoms with Crippen molar-refractivity contribution in [2.24, 2.45) is 0 Å². The van der Waals surface area contributed by atoms with Crippen LogP contribution in [0.15, 0.2) is 0 Å². The molecule has 0 nitrogen and oxygen atoms in total. The number of hydrogen-bond acceptors (Lipinski definition) is 0. The molecule has 0 heterocycles. The molecule has 0 bridgehead atoms. The van der Waals surface area contributed by atoms with Crippen molar-refractivity contribution in [3.8, 4) is 0 Å². The van der Waals surface area contributed by atoms with Gasteiger partial charge in [0.15, 0.2) is 0 Å². The molecule has 0 spiro atoms. The van der Waals surface area contributed by atoms with Gasteiger partial charge in [0, 0.05) is 0 Å². The molecule has 0 saturated heterocycles. The first-order valence-corrected chi connectivity index (χ1v) is 6.23. The second-order valence-electron chi connectivity index (χ2n) is 0.378. The molecule has 0 rings (SSSR count). The van der Waals surface area contributed by atoms with Crippen molar-refractivity contribution in [2.45, 2.75) is 5.82 Å². The van der Waals surface area contributed by atoms with Gasteiger partial charge < -0.3 is 0 Å². The minimum atomic E-state index is 0. The normalized spacial score (nSPS) is 5.25. The number of rotatable bonds is 0. The average molecular weight is 240 g/mol. The summed E-state index contributed by atoms with van der Waals surface area (Å²) in [5.74, 6) is 2.22. The Morgan fingerprint density at radius 2 is 1.75 bits per heavy atom. The Hall–Kier alpha value is 2.31. The van der Waals surface area contributed by atoms with Crippen molar-refractivity contribution >= 4 is 57.7 Å². The van der Waals surface area contributed by atoms with E-state index in [1.165, 1.54) is 23.2 Å². The van der Waals surface area contributed by atoms with Crippen molar-refractivity contribution < 1.29 is 14.3 Å². The second-order valence-corrected chi connectivity index (χ2v) is 4.68. The molecule has 0 saturated carbocycles. The van der Waals surface area contributed by atoms with E-state index in [0.29, 0.717) is 0 Å². The topological polar surface area (TPSA) is 0 Å². The second kappa shape index (κ2) is 9.00. The first kappa shape index (κ1) is 9.58. The van der Waals surface area contributed by atoms with Gasteiger partial charge in [-0.05, 0) is 0 Å². The van der Waals surface area contributed by atoms with Gasteiger partial charge in [-0.1, -0.05) is 0 Å². The van der Waals surface area contributed by atoms with Crippen LogP contribution in [0, 0.1) is 0 Å². The zero-order valence-corrected chi connectivity index (χ0v) is 5.56. The van der Waals surface area contributed by atoms with E-state index in [2.05, 4.69) is 5.82 Å². The molecule has 0 aromatic heterocycles. The summed E-state index contributed by atoms with van der Waals surface area (Å²) in [7, 11) is 1.40. The van der Waals surface area contributed by atoms with Crippen molar-refractivity contribution in [3.63, 3.8) is 0 Å². The predicted molar refractivity (Wildman–Crippen MR) is 24.3 cm³/mol. The summed E-state index contributed by atoms with van der Waals surface area (Å²) in [6.07, 6.45) is 0. The summed E-state index contributed by atoms with van der Waals surface area (Å²) in [4.78, 5) is 0. The van der Waals surface area contributed by atoms with Crippen molar-refractivity contribution in [1.29, 1.82) is 0 Å². The molecule has 0 aromatic rings. The summed E-state index contributed by atoms with van der Waals surface area (Å²) in [6, 6.07) is 0. The van der Waals surface area contributed by atoms with Crippen LogP contribution in [-0.2, 0) is 14.3 Å². The van der Waals surface area contributed by atoms with E-state index in [1.807, 2.05) is 0 Å². The van der Waals surface area contributed by atoms with Gasteiger partial charge >= 0.3 is 77.9 Å². The molecule has 0 aliphatic heterocycles. The van der Waals surface area contributed by atoms with Crippen LogP contribution in [0.3, 0.4) is 0 Å². The molecule has 0 N–H and O–H groups in total. The molecule has 4 heavy (non-hydrogen) atoms. The Balaban J connectivity index is 0. The van der Waals surface area contributed by atoms with E-state index in [0.717, 1.165) is 0 Å². The fourth-order valence-electron chi connectivity index (χ4n) is 0. The van der Waals surface area contributed by atoms with Crippen LogP contribution in [0.25, 0.3) is 0 Å². The molecule has 0 aliphatic rings. The number of hydrogen-bond donors (Lipinski definition) is 0. The van der Waals surface area contributed by atoms with Gasteiger partial charge in [-0.15, -0.1) is 0 Å². The SMILES string of the molecule is [BaH2].[CH3][Mn][SiH3]. The Morgan fingerprint density at radius 3 is 1.75 bits per heavy atom. The Bertz CT molecular complexity index is 8.00. The van der Waals surface area contributed by atoms with Crippen LogP contribution in [0.4, 0.5) is 0 Å². The van der Waals surface area contributed by atoms with Crippen LogP contribution in [0.5, 0.6) is 0 Å². The van der Waals surface area contributed by atoms with Crippen LogP contribution >= 0.6 is 0 Å². The molecule has 0 amide bonds. The van der Waals surface area contributed by atoms with Crippen LogP contribution in [-0.4, -0.2) is 57.7 Å². The summed E-state index contributed by atoms with van der Waals surface area (Å²) < 4.78 is 0. The van der Waals surface area contributed by atoms with Gasteiger partial charge in [-0.3, -0.25) is 0 Å². The van der Waals surface area contributed by atoms with E-state index in [9.17, 15) is 0 Å². The van der Waals surface area contributed by atoms with Gasteiger partial charge in [0.1, 0.15) is 0 Å². The third-order valence-corrected chi connectivity index (χ3v) is 0. The van der Waals surface area contributed by atoms with E-state index in [4.69, 9.17) is 0 Å². The van der Waals surface area contributed by atoms with Gasteiger partial charge in [0.05, 0.1) is 0 Å². The fraction of sp³-hybridized carbons (Fsp3) is 1.00. The maximum atomic E-state index is 2.22. The summed E-state index contributed by atoms with van der Waals surface area (Å²) in [6.45, 7) is 0. The molecular formula is CH8BaMnSi. The Morgan fingerprint density at radius 1 is 1.75 bits per heavy atom. The quantitative estimate of drug-likeness (QED) is 0.451. The van der Waals surface area contributed by atoms with Gasteiger partial charge in [0.25, 0.3) is 0 Å². The summed E-state index contributed by atoms with van der Waals surface area (Å²) >= 11 is 1.20. The molecule has 0 fully saturated rings. The zero-order chi connectivity index (χ0) is 2.71. The van der Waals surface area contributed by atoms with E-state index in [1.54, 1.807) is 0 Å². The molecule has 25 valence electrons. The fourth-order valence-corrected chi connectivity index (χ4v) is 0. The van der Waals surface area contributed by atoms with E-state index < -0.39 is 0 Å². The molecule has 0 aromatic carbocycles. The monoisotopic (exact) mass is 241 g/mol.